The Balaban J connectivity index is 0.00000121. The van der Waals surface area contributed by atoms with Gasteiger partial charge >= 0.3 is 5.97 Å². The molecule has 0 amide bonds. The first-order valence-electron chi connectivity index (χ1n) is 3.59. The molecule has 0 aliphatic carbocycles. The fraction of sp³-hybridized carbons (Fsp3) is 0.857. The van der Waals surface area contributed by atoms with Gasteiger partial charge in [0.2, 0.25) is 0 Å². The van der Waals surface area contributed by atoms with Gasteiger partial charge in [-0.05, 0) is 14.0 Å². The first-order valence-corrected chi connectivity index (χ1v) is 3.59. The number of carboxylic acids is 1. The molecule has 72 valence electrons. The van der Waals surface area contributed by atoms with Gasteiger partial charge in [0.15, 0.2) is 0 Å². The Hall–Kier alpha value is -0.320. The number of carbonyl (C=O) groups is 1. The highest BCUT2D eigenvalue weighted by Gasteiger charge is 2.45. The van der Waals surface area contributed by atoms with Crippen LogP contribution in [-0.4, -0.2) is 46.3 Å². The zero-order valence-electron chi connectivity index (χ0n) is 7.15. The number of likely N-dealkylation sites (tertiary alicyclic amines) is 1. The summed E-state index contributed by atoms with van der Waals surface area (Å²) < 4.78 is 0. The first kappa shape index (κ1) is 11.7. The molecule has 0 bridgehead atoms. The number of hydrogen-bond acceptors (Lipinski definition) is 3. The minimum absolute atomic E-state index is 0. The second kappa shape index (κ2) is 3.60. The summed E-state index contributed by atoms with van der Waals surface area (Å²) in [6, 6.07) is 0. The van der Waals surface area contributed by atoms with Crippen molar-refractivity contribution >= 4 is 18.4 Å². The fourth-order valence-electron chi connectivity index (χ4n) is 1.45. The van der Waals surface area contributed by atoms with Crippen LogP contribution in [0.3, 0.4) is 0 Å². The number of aliphatic hydroxyl groups is 1. The van der Waals surface area contributed by atoms with Gasteiger partial charge in [0.25, 0.3) is 0 Å². The van der Waals surface area contributed by atoms with Crippen LogP contribution in [0.25, 0.3) is 0 Å². The number of aliphatic carboxylic acids is 1. The van der Waals surface area contributed by atoms with Crippen LogP contribution in [0.4, 0.5) is 0 Å². The second-order valence-corrected chi connectivity index (χ2v) is 3.32. The van der Waals surface area contributed by atoms with Crippen molar-refractivity contribution in [2.75, 3.05) is 13.6 Å². The van der Waals surface area contributed by atoms with E-state index < -0.39 is 17.6 Å². The van der Waals surface area contributed by atoms with E-state index in [1.807, 2.05) is 0 Å². The van der Waals surface area contributed by atoms with Crippen molar-refractivity contribution < 1.29 is 15.0 Å². The van der Waals surface area contributed by atoms with E-state index >= 15 is 0 Å². The van der Waals surface area contributed by atoms with Crippen molar-refractivity contribution in [1.29, 1.82) is 0 Å². The molecule has 1 heterocycles. The molecule has 0 saturated carbocycles. The van der Waals surface area contributed by atoms with Gasteiger partial charge in [-0.25, -0.2) is 0 Å². The van der Waals surface area contributed by atoms with Crippen LogP contribution >= 0.6 is 12.4 Å². The van der Waals surface area contributed by atoms with Crippen molar-refractivity contribution in [2.45, 2.75) is 25.0 Å². The molecule has 0 aromatic carbocycles. The van der Waals surface area contributed by atoms with Crippen molar-refractivity contribution in [3.05, 3.63) is 0 Å². The van der Waals surface area contributed by atoms with Crippen LogP contribution in [0.1, 0.15) is 13.3 Å². The van der Waals surface area contributed by atoms with Crippen LogP contribution in [0, 0.1) is 0 Å². The molecular weight excluding hydrogens is 182 g/mol. The average molecular weight is 196 g/mol. The molecule has 0 spiro atoms. The molecule has 1 aliphatic rings. The molecule has 1 saturated heterocycles. The summed E-state index contributed by atoms with van der Waals surface area (Å²) in [6.07, 6.45) is -0.181. The number of hydrogen-bond donors (Lipinski definition) is 2. The monoisotopic (exact) mass is 195 g/mol. The summed E-state index contributed by atoms with van der Waals surface area (Å²) in [4.78, 5) is 12.4. The molecule has 5 heteroatoms. The van der Waals surface area contributed by atoms with Gasteiger partial charge in [0, 0.05) is 13.0 Å². The zero-order valence-corrected chi connectivity index (χ0v) is 7.97. The minimum Gasteiger partial charge on any atom is -0.480 e. The van der Waals surface area contributed by atoms with E-state index in [0.717, 1.165) is 0 Å². The third kappa shape index (κ3) is 1.71. The Morgan fingerprint density at radius 1 is 1.67 bits per heavy atom. The van der Waals surface area contributed by atoms with Crippen molar-refractivity contribution in [3.63, 3.8) is 0 Å². The molecule has 1 aliphatic heterocycles. The standard InChI is InChI=1S/C7H13NO3.ClH/c1-7(6(10)11)3-5(9)4-8(7)2;/h5,9H,3-4H2,1-2H3,(H,10,11);1H. The molecule has 1 fully saturated rings. The topological polar surface area (TPSA) is 60.8 Å². The van der Waals surface area contributed by atoms with Gasteiger partial charge in [-0.1, -0.05) is 0 Å². The number of carboxylic acid groups (broad SMARTS) is 1. The van der Waals surface area contributed by atoms with E-state index in [9.17, 15) is 9.90 Å². The van der Waals surface area contributed by atoms with E-state index in [1.54, 1.807) is 18.9 Å². The normalized spacial score (nSPS) is 36.1. The number of aliphatic hydroxyl groups excluding tert-OH is 1. The first-order chi connectivity index (χ1) is 4.97. The van der Waals surface area contributed by atoms with Crippen LogP contribution < -0.4 is 0 Å². The molecule has 2 unspecified atom stereocenters. The van der Waals surface area contributed by atoms with E-state index in [-0.39, 0.29) is 12.4 Å². The maximum absolute atomic E-state index is 10.7. The van der Waals surface area contributed by atoms with Crippen LogP contribution in [0.5, 0.6) is 0 Å². The number of likely N-dealkylation sites (N-methyl/N-ethyl adjacent to an activating group) is 1. The predicted octanol–water partition coefficient (Wildman–Crippen LogP) is -0.0521. The van der Waals surface area contributed by atoms with Crippen LogP contribution in [0.15, 0.2) is 0 Å². The number of rotatable bonds is 1. The molecule has 2 N–H and O–H groups in total. The Morgan fingerprint density at radius 2 is 2.17 bits per heavy atom. The molecule has 0 aromatic rings. The third-order valence-corrected chi connectivity index (χ3v) is 2.42. The number of β-amino-alcohol motifs (C(OH)–C–C–N with tert-alkyl or cyclic N) is 1. The highest BCUT2D eigenvalue weighted by Crippen LogP contribution is 2.27. The SMILES string of the molecule is CN1CC(O)CC1(C)C(=O)O.Cl. The van der Waals surface area contributed by atoms with Crippen molar-refractivity contribution in [2.24, 2.45) is 0 Å². The maximum Gasteiger partial charge on any atom is 0.323 e. The van der Waals surface area contributed by atoms with Gasteiger partial charge in [-0.2, -0.15) is 0 Å². The zero-order chi connectivity index (χ0) is 8.65. The van der Waals surface area contributed by atoms with E-state index in [0.29, 0.717) is 13.0 Å². The fourth-order valence-corrected chi connectivity index (χ4v) is 1.45. The quantitative estimate of drug-likeness (QED) is 0.616. The predicted molar refractivity (Wildman–Crippen MR) is 46.5 cm³/mol. The lowest BCUT2D eigenvalue weighted by Gasteiger charge is -2.26. The second-order valence-electron chi connectivity index (χ2n) is 3.32. The number of nitrogens with zero attached hydrogens (tertiary/aromatic N) is 1. The van der Waals surface area contributed by atoms with Crippen LogP contribution in [0.2, 0.25) is 0 Å². The largest absolute Gasteiger partial charge is 0.480 e. The Labute approximate surface area is 77.6 Å². The highest BCUT2D eigenvalue weighted by molar-refractivity contribution is 5.85. The number of halogens is 1. The lowest BCUT2D eigenvalue weighted by atomic mass is 9.99. The van der Waals surface area contributed by atoms with E-state index in [2.05, 4.69) is 0 Å². The summed E-state index contributed by atoms with van der Waals surface area (Å²) >= 11 is 0. The summed E-state index contributed by atoms with van der Waals surface area (Å²) in [5.74, 6) is -0.864. The summed E-state index contributed by atoms with van der Waals surface area (Å²) in [5.41, 5.74) is -0.876. The lowest BCUT2D eigenvalue weighted by molar-refractivity contribution is -0.147. The van der Waals surface area contributed by atoms with Gasteiger partial charge in [-0.15, -0.1) is 12.4 Å². The Kier molecular flexibility index (Phi) is 3.50. The molecule has 0 radical (unpaired) electrons. The molecule has 1 rings (SSSR count). The average Bonchev–Trinajstić information content (AvgIpc) is 2.08. The summed E-state index contributed by atoms with van der Waals surface area (Å²) in [6.45, 7) is 2.08. The van der Waals surface area contributed by atoms with Crippen molar-refractivity contribution in [3.8, 4) is 0 Å². The van der Waals surface area contributed by atoms with E-state index in [1.165, 1.54) is 0 Å². The Morgan fingerprint density at radius 3 is 2.33 bits per heavy atom. The summed E-state index contributed by atoms with van der Waals surface area (Å²) in [5, 5.41) is 18.0. The molecule has 4 nitrogen and oxygen atoms in total. The van der Waals surface area contributed by atoms with Crippen molar-refractivity contribution in [1.82, 2.24) is 4.90 Å². The Bertz CT molecular complexity index is 187. The lowest BCUT2D eigenvalue weighted by Crippen LogP contribution is -2.45. The minimum atomic E-state index is -0.876. The van der Waals surface area contributed by atoms with Crippen LogP contribution in [-0.2, 0) is 4.79 Å². The van der Waals surface area contributed by atoms with Gasteiger partial charge < -0.3 is 10.2 Å². The molecular formula is C7H14ClNO3. The van der Waals surface area contributed by atoms with Gasteiger partial charge in [0.1, 0.15) is 5.54 Å². The summed E-state index contributed by atoms with van der Waals surface area (Å²) in [7, 11) is 1.71. The maximum atomic E-state index is 10.7. The van der Waals surface area contributed by atoms with Gasteiger partial charge in [0.05, 0.1) is 6.10 Å². The smallest absolute Gasteiger partial charge is 0.323 e. The third-order valence-electron chi connectivity index (χ3n) is 2.42. The molecule has 12 heavy (non-hydrogen) atoms. The highest BCUT2D eigenvalue weighted by atomic mass is 35.5. The molecule has 2 atom stereocenters. The van der Waals surface area contributed by atoms with E-state index in [4.69, 9.17) is 5.11 Å². The van der Waals surface area contributed by atoms with Gasteiger partial charge in [-0.3, -0.25) is 9.69 Å². The molecule has 0 aromatic heterocycles.